The number of hydrogen-bond acceptors (Lipinski definition) is 2. The normalized spacial score (nSPS) is 11.6. The first-order chi connectivity index (χ1) is 12.7. The molecule has 4 nitrogen and oxygen atoms in total. The minimum absolute atomic E-state index is 0.113. The van der Waals surface area contributed by atoms with Crippen molar-refractivity contribution in [2.75, 3.05) is 5.32 Å². The Morgan fingerprint density at radius 3 is 2.63 bits per heavy atom. The average Bonchev–Trinajstić information content (AvgIpc) is 2.60. The van der Waals surface area contributed by atoms with Crippen LogP contribution in [0.25, 0.3) is 10.9 Å². The van der Waals surface area contributed by atoms with E-state index in [9.17, 15) is 22.8 Å². The third-order valence-corrected chi connectivity index (χ3v) is 4.21. The van der Waals surface area contributed by atoms with Crippen molar-refractivity contribution >= 4 is 22.5 Å². The number of hydrogen-bond donors (Lipinski definition) is 2. The summed E-state index contributed by atoms with van der Waals surface area (Å²) in [5.41, 5.74) is 1.37. The Hall–Kier alpha value is -3.09. The Kier molecular flexibility index (Phi) is 5.03. The number of nitrogens with one attached hydrogen (secondary N) is 2. The van der Waals surface area contributed by atoms with E-state index in [1.54, 1.807) is 19.1 Å². The third-order valence-electron chi connectivity index (χ3n) is 4.21. The van der Waals surface area contributed by atoms with Crippen molar-refractivity contribution in [2.24, 2.45) is 0 Å². The number of carbonyl (C=O) groups is 1. The number of aromatic amines is 1. The molecule has 0 aliphatic rings. The van der Waals surface area contributed by atoms with Gasteiger partial charge in [0.15, 0.2) is 0 Å². The van der Waals surface area contributed by atoms with Crippen molar-refractivity contribution < 1.29 is 18.0 Å². The van der Waals surface area contributed by atoms with Crippen LogP contribution in [0.15, 0.2) is 53.3 Å². The first-order valence-corrected chi connectivity index (χ1v) is 8.32. The largest absolute Gasteiger partial charge is 0.416 e. The summed E-state index contributed by atoms with van der Waals surface area (Å²) in [5, 5.41) is 3.36. The summed E-state index contributed by atoms with van der Waals surface area (Å²) in [7, 11) is 0. The van der Waals surface area contributed by atoms with E-state index in [2.05, 4.69) is 10.3 Å². The van der Waals surface area contributed by atoms with Gasteiger partial charge >= 0.3 is 6.18 Å². The summed E-state index contributed by atoms with van der Waals surface area (Å²) in [5.74, 6) is -0.368. The van der Waals surface area contributed by atoms with Crippen molar-refractivity contribution in [3.05, 3.63) is 75.6 Å². The Morgan fingerprint density at radius 1 is 1.11 bits per heavy atom. The molecular formula is C20H17F3N2O2. The highest BCUT2D eigenvalue weighted by molar-refractivity contribution is 5.91. The van der Waals surface area contributed by atoms with E-state index in [0.717, 1.165) is 23.1 Å². The lowest BCUT2D eigenvalue weighted by Crippen LogP contribution is -2.13. The Balaban J connectivity index is 1.66. The van der Waals surface area contributed by atoms with Crippen LogP contribution in [0, 0.1) is 6.92 Å². The van der Waals surface area contributed by atoms with Crippen LogP contribution in [-0.4, -0.2) is 10.9 Å². The molecule has 7 heteroatoms. The molecule has 3 aromatic rings. The quantitative estimate of drug-likeness (QED) is 0.710. The van der Waals surface area contributed by atoms with Crippen molar-refractivity contribution in [1.82, 2.24) is 4.98 Å². The Morgan fingerprint density at radius 2 is 1.89 bits per heavy atom. The number of benzene rings is 2. The second-order valence-electron chi connectivity index (χ2n) is 6.33. The number of halogens is 3. The molecule has 1 amide bonds. The zero-order valence-electron chi connectivity index (χ0n) is 14.5. The highest BCUT2D eigenvalue weighted by Gasteiger charge is 2.30. The molecule has 0 saturated heterocycles. The molecule has 2 aromatic carbocycles. The third kappa shape index (κ3) is 4.55. The Labute approximate surface area is 153 Å². The minimum atomic E-state index is -4.45. The maximum atomic E-state index is 12.7. The van der Waals surface area contributed by atoms with Crippen LogP contribution in [0.2, 0.25) is 0 Å². The number of aromatic nitrogens is 1. The molecule has 0 aliphatic carbocycles. The number of anilines is 1. The predicted octanol–water partition coefficient (Wildman–Crippen LogP) is 4.43. The van der Waals surface area contributed by atoms with E-state index in [4.69, 9.17) is 0 Å². The fourth-order valence-corrected chi connectivity index (χ4v) is 2.78. The van der Waals surface area contributed by atoms with E-state index >= 15 is 0 Å². The smallest absolute Gasteiger partial charge is 0.326 e. The minimum Gasteiger partial charge on any atom is -0.326 e. The summed E-state index contributed by atoms with van der Waals surface area (Å²) in [6, 6.07) is 11.8. The van der Waals surface area contributed by atoms with Crippen LogP contribution in [0.1, 0.15) is 23.1 Å². The van der Waals surface area contributed by atoms with Crippen LogP contribution in [0.4, 0.5) is 18.9 Å². The second kappa shape index (κ2) is 7.26. The van der Waals surface area contributed by atoms with E-state index in [1.807, 2.05) is 12.1 Å². The van der Waals surface area contributed by atoms with Gasteiger partial charge in [0.1, 0.15) is 0 Å². The van der Waals surface area contributed by atoms with E-state index < -0.39 is 11.7 Å². The second-order valence-corrected chi connectivity index (χ2v) is 6.33. The molecule has 2 N–H and O–H groups in total. The summed E-state index contributed by atoms with van der Waals surface area (Å²) < 4.78 is 38.2. The number of alkyl halides is 3. The highest BCUT2D eigenvalue weighted by atomic mass is 19.4. The maximum Gasteiger partial charge on any atom is 0.416 e. The summed E-state index contributed by atoms with van der Waals surface area (Å²) in [6.45, 7) is 1.72. The van der Waals surface area contributed by atoms with Gasteiger partial charge < -0.3 is 10.3 Å². The van der Waals surface area contributed by atoms with Crippen LogP contribution in [0.3, 0.4) is 0 Å². The standard InChI is InChI=1S/C20H17F3N2O2/c1-12-9-14-10-13(5-7-17(14)25-19(12)27)6-8-18(26)24-16-4-2-3-15(11-16)20(21,22)23/h2-5,7,9-11H,6,8H2,1H3,(H,24,26)(H,25,27). The molecule has 0 aliphatic heterocycles. The van der Waals surface area contributed by atoms with Crippen molar-refractivity contribution in [2.45, 2.75) is 25.9 Å². The lowest BCUT2D eigenvalue weighted by atomic mass is 10.1. The molecule has 0 atom stereocenters. The lowest BCUT2D eigenvalue weighted by Gasteiger charge is -2.10. The molecule has 0 bridgehead atoms. The van der Waals surface area contributed by atoms with Crippen LogP contribution < -0.4 is 10.9 Å². The summed E-state index contributed by atoms with van der Waals surface area (Å²) in [6.07, 6.45) is -3.89. The lowest BCUT2D eigenvalue weighted by molar-refractivity contribution is -0.137. The fourth-order valence-electron chi connectivity index (χ4n) is 2.78. The molecule has 0 unspecified atom stereocenters. The molecule has 0 radical (unpaired) electrons. The van der Waals surface area contributed by atoms with Gasteiger partial charge in [0.25, 0.3) is 5.56 Å². The van der Waals surface area contributed by atoms with Crippen LogP contribution >= 0.6 is 0 Å². The molecule has 0 spiro atoms. The summed E-state index contributed by atoms with van der Waals surface area (Å²) in [4.78, 5) is 26.5. The molecule has 27 heavy (non-hydrogen) atoms. The number of H-pyrrole nitrogens is 1. The van der Waals surface area contributed by atoms with Gasteiger partial charge in [-0.3, -0.25) is 9.59 Å². The van der Waals surface area contributed by atoms with Gasteiger partial charge in [0, 0.05) is 23.2 Å². The molecule has 0 saturated carbocycles. The maximum absolute atomic E-state index is 12.7. The van der Waals surface area contributed by atoms with Crippen molar-refractivity contribution in [3.8, 4) is 0 Å². The monoisotopic (exact) mass is 374 g/mol. The van der Waals surface area contributed by atoms with Gasteiger partial charge in [0.2, 0.25) is 5.91 Å². The highest BCUT2D eigenvalue weighted by Crippen LogP contribution is 2.30. The van der Waals surface area contributed by atoms with Gasteiger partial charge in [0.05, 0.1) is 5.56 Å². The topological polar surface area (TPSA) is 62.0 Å². The van der Waals surface area contributed by atoms with E-state index in [0.29, 0.717) is 17.5 Å². The van der Waals surface area contributed by atoms with Crippen LogP contribution in [0.5, 0.6) is 0 Å². The number of fused-ring (bicyclic) bond motifs is 1. The molecule has 1 heterocycles. The zero-order chi connectivity index (χ0) is 19.6. The molecule has 1 aromatic heterocycles. The summed E-state index contributed by atoms with van der Waals surface area (Å²) >= 11 is 0. The number of pyridine rings is 1. The van der Waals surface area contributed by atoms with Crippen molar-refractivity contribution in [1.29, 1.82) is 0 Å². The predicted molar refractivity (Wildman–Crippen MR) is 97.7 cm³/mol. The van der Waals surface area contributed by atoms with E-state index in [1.165, 1.54) is 12.1 Å². The fraction of sp³-hybridized carbons (Fsp3) is 0.200. The van der Waals surface area contributed by atoms with E-state index in [-0.39, 0.29) is 23.6 Å². The van der Waals surface area contributed by atoms with Gasteiger partial charge in [-0.2, -0.15) is 13.2 Å². The molecule has 3 rings (SSSR count). The first kappa shape index (κ1) is 18.7. The van der Waals surface area contributed by atoms with Crippen molar-refractivity contribution in [3.63, 3.8) is 0 Å². The number of carbonyl (C=O) groups excluding carboxylic acids is 1. The van der Waals surface area contributed by atoms with Gasteiger partial charge in [-0.15, -0.1) is 0 Å². The van der Waals surface area contributed by atoms with Gasteiger partial charge in [-0.25, -0.2) is 0 Å². The average molecular weight is 374 g/mol. The zero-order valence-corrected chi connectivity index (χ0v) is 14.5. The number of rotatable bonds is 4. The SMILES string of the molecule is Cc1cc2cc(CCC(=O)Nc3cccc(C(F)(F)F)c3)ccc2[nH]c1=O. The first-order valence-electron chi connectivity index (χ1n) is 8.32. The number of amides is 1. The molecule has 0 fully saturated rings. The molecule has 140 valence electrons. The van der Waals surface area contributed by atoms with Crippen LogP contribution in [-0.2, 0) is 17.4 Å². The Bertz CT molecular complexity index is 1060. The number of aryl methyl sites for hydroxylation is 2. The van der Waals surface area contributed by atoms with Gasteiger partial charge in [-0.05, 0) is 60.7 Å². The molecular weight excluding hydrogens is 357 g/mol. The van der Waals surface area contributed by atoms with Gasteiger partial charge in [-0.1, -0.05) is 12.1 Å².